The van der Waals surface area contributed by atoms with Gasteiger partial charge < -0.3 is 10.2 Å². The Morgan fingerprint density at radius 2 is 2.05 bits per heavy atom. The number of carbonyl (C=O) groups excluding carboxylic acids is 1. The summed E-state index contributed by atoms with van der Waals surface area (Å²) in [6.07, 6.45) is -4.67. The van der Waals surface area contributed by atoms with Gasteiger partial charge in [0.05, 0.1) is 5.56 Å². The number of hydrogen-bond donors (Lipinski definition) is 1. The maximum absolute atomic E-state index is 13.3. The first-order chi connectivity index (χ1) is 9.27. The summed E-state index contributed by atoms with van der Waals surface area (Å²) in [4.78, 5) is 13.6. The van der Waals surface area contributed by atoms with Gasteiger partial charge >= 0.3 is 6.18 Å². The number of carbonyl (C=O) groups is 1. The fourth-order valence-electron chi connectivity index (χ4n) is 2.18. The van der Waals surface area contributed by atoms with E-state index < -0.39 is 23.5 Å². The van der Waals surface area contributed by atoms with Crippen LogP contribution in [-0.4, -0.2) is 36.5 Å². The highest BCUT2D eigenvalue weighted by molar-refractivity contribution is 5.94. The van der Waals surface area contributed by atoms with Crippen LogP contribution in [0, 0.1) is 5.82 Å². The molecular weight excluding hydrogens is 276 g/mol. The lowest BCUT2D eigenvalue weighted by molar-refractivity contribution is -0.137. The molecule has 1 unspecified atom stereocenters. The van der Waals surface area contributed by atoms with Crippen LogP contribution in [0.25, 0.3) is 0 Å². The molecule has 1 N–H and O–H groups in total. The highest BCUT2D eigenvalue weighted by Crippen LogP contribution is 2.30. The van der Waals surface area contributed by atoms with Crippen molar-refractivity contribution < 1.29 is 22.4 Å². The van der Waals surface area contributed by atoms with Gasteiger partial charge in [0.25, 0.3) is 5.91 Å². The first-order valence-electron chi connectivity index (χ1n) is 6.18. The van der Waals surface area contributed by atoms with Crippen molar-refractivity contribution in [3.63, 3.8) is 0 Å². The molecule has 20 heavy (non-hydrogen) atoms. The first kappa shape index (κ1) is 14.8. The molecule has 1 heterocycles. The average molecular weight is 290 g/mol. The summed E-state index contributed by atoms with van der Waals surface area (Å²) in [5, 5.41) is 3.12. The minimum absolute atomic E-state index is 0.0587. The minimum atomic E-state index is -4.67. The molecule has 0 bridgehead atoms. The van der Waals surface area contributed by atoms with Crippen LogP contribution in [0.4, 0.5) is 17.6 Å². The molecule has 1 aromatic rings. The molecule has 3 nitrogen and oxygen atoms in total. The molecule has 1 aliphatic rings. The summed E-state index contributed by atoms with van der Waals surface area (Å²) in [6, 6.07) is 1.97. The average Bonchev–Trinajstić information content (AvgIpc) is 2.36. The predicted molar refractivity (Wildman–Crippen MR) is 64.8 cm³/mol. The van der Waals surface area contributed by atoms with Crippen LogP contribution in [0.3, 0.4) is 0 Å². The Hall–Kier alpha value is -1.63. The zero-order chi connectivity index (χ0) is 14.9. The van der Waals surface area contributed by atoms with Crippen LogP contribution in [-0.2, 0) is 6.18 Å². The van der Waals surface area contributed by atoms with Crippen LogP contribution in [0.5, 0.6) is 0 Å². The van der Waals surface area contributed by atoms with Gasteiger partial charge in [-0.05, 0) is 25.1 Å². The van der Waals surface area contributed by atoms with Gasteiger partial charge in [0.15, 0.2) is 0 Å². The molecule has 2 rings (SSSR count). The van der Waals surface area contributed by atoms with Crippen molar-refractivity contribution in [2.75, 3.05) is 19.6 Å². The van der Waals surface area contributed by atoms with Crippen molar-refractivity contribution in [3.05, 3.63) is 35.1 Å². The van der Waals surface area contributed by atoms with Gasteiger partial charge in [-0.1, -0.05) is 0 Å². The van der Waals surface area contributed by atoms with E-state index in [1.165, 1.54) is 4.90 Å². The molecule has 110 valence electrons. The van der Waals surface area contributed by atoms with E-state index in [1.807, 2.05) is 6.92 Å². The van der Waals surface area contributed by atoms with E-state index >= 15 is 0 Å². The summed E-state index contributed by atoms with van der Waals surface area (Å²) in [5.74, 6) is -1.64. The van der Waals surface area contributed by atoms with Crippen molar-refractivity contribution in [1.82, 2.24) is 10.2 Å². The number of alkyl halides is 3. The van der Waals surface area contributed by atoms with E-state index in [4.69, 9.17) is 0 Å². The zero-order valence-corrected chi connectivity index (χ0v) is 10.8. The van der Waals surface area contributed by atoms with Crippen molar-refractivity contribution >= 4 is 5.91 Å². The van der Waals surface area contributed by atoms with Gasteiger partial charge in [-0.15, -0.1) is 0 Å². The molecule has 0 aromatic heterocycles. The molecule has 1 fully saturated rings. The molecule has 0 radical (unpaired) electrons. The lowest BCUT2D eigenvalue weighted by Gasteiger charge is -2.32. The minimum Gasteiger partial charge on any atom is -0.336 e. The highest BCUT2D eigenvalue weighted by Gasteiger charge is 2.32. The monoisotopic (exact) mass is 290 g/mol. The molecular formula is C13H14F4N2O. The van der Waals surface area contributed by atoms with Crippen LogP contribution >= 0.6 is 0 Å². The second kappa shape index (κ2) is 5.40. The van der Waals surface area contributed by atoms with E-state index in [2.05, 4.69) is 5.32 Å². The Kier molecular flexibility index (Phi) is 3.99. The van der Waals surface area contributed by atoms with E-state index in [1.54, 1.807) is 0 Å². The molecule has 0 spiro atoms. The number of rotatable bonds is 1. The number of amides is 1. The number of benzene rings is 1. The Morgan fingerprint density at radius 3 is 2.65 bits per heavy atom. The second-order valence-electron chi connectivity index (χ2n) is 4.83. The topological polar surface area (TPSA) is 32.3 Å². The van der Waals surface area contributed by atoms with Crippen molar-refractivity contribution in [1.29, 1.82) is 0 Å². The Morgan fingerprint density at radius 1 is 1.35 bits per heavy atom. The van der Waals surface area contributed by atoms with E-state index in [-0.39, 0.29) is 11.6 Å². The SMILES string of the molecule is CC1CN(C(=O)c2cc(F)cc(C(F)(F)F)c2)CCN1. The van der Waals surface area contributed by atoms with Gasteiger partial charge in [-0.3, -0.25) is 4.79 Å². The molecule has 1 saturated heterocycles. The lowest BCUT2D eigenvalue weighted by atomic mass is 10.1. The van der Waals surface area contributed by atoms with E-state index in [0.717, 1.165) is 6.07 Å². The molecule has 1 atom stereocenters. The van der Waals surface area contributed by atoms with Crippen LogP contribution in [0.15, 0.2) is 18.2 Å². The Bertz CT molecular complexity index is 516. The number of nitrogens with one attached hydrogen (secondary N) is 1. The predicted octanol–water partition coefficient (Wildman–Crippen LogP) is 2.28. The fraction of sp³-hybridized carbons (Fsp3) is 0.462. The Labute approximate surface area is 113 Å². The lowest BCUT2D eigenvalue weighted by Crippen LogP contribution is -2.51. The largest absolute Gasteiger partial charge is 0.416 e. The van der Waals surface area contributed by atoms with Crippen LogP contribution < -0.4 is 5.32 Å². The van der Waals surface area contributed by atoms with E-state index in [0.29, 0.717) is 31.8 Å². The summed E-state index contributed by atoms with van der Waals surface area (Å²) in [6.45, 7) is 3.21. The summed E-state index contributed by atoms with van der Waals surface area (Å²) in [5.41, 5.74) is -1.42. The van der Waals surface area contributed by atoms with Gasteiger partial charge in [-0.2, -0.15) is 13.2 Å². The fourth-order valence-corrected chi connectivity index (χ4v) is 2.18. The molecule has 0 aliphatic carbocycles. The summed E-state index contributed by atoms with van der Waals surface area (Å²) >= 11 is 0. The Balaban J connectivity index is 2.28. The van der Waals surface area contributed by atoms with Gasteiger partial charge in [-0.25, -0.2) is 4.39 Å². The third-order valence-electron chi connectivity index (χ3n) is 3.13. The first-order valence-corrected chi connectivity index (χ1v) is 6.18. The van der Waals surface area contributed by atoms with Gasteiger partial charge in [0, 0.05) is 31.2 Å². The molecule has 1 aromatic carbocycles. The van der Waals surface area contributed by atoms with Crippen LogP contribution in [0.1, 0.15) is 22.8 Å². The van der Waals surface area contributed by atoms with Crippen molar-refractivity contribution in [2.24, 2.45) is 0 Å². The quantitative estimate of drug-likeness (QED) is 0.805. The molecule has 0 saturated carbocycles. The number of nitrogens with zero attached hydrogens (tertiary/aromatic N) is 1. The normalized spacial score (nSPS) is 20.1. The second-order valence-corrected chi connectivity index (χ2v) is 4.83. The molecule has 7 heteroatoms. The number of hydrogen-bond acceptors (Lipinski definition) is 2. The van der Waals surface area contributed by atoms with Gasteiger partial charge in [0.2, 0.25) is 0 Å². The molecule has 1 amide bonds. The van der Waals surface area contributed by atoms with E-state index in [9.17, 15) is 22.4 Å². The number of piperazine rings is 1. The number of halogens is 4. The smallest absolute Gasteiger partial charge is 0.336 e. The van der Waals surface area contributed by atoms with Gasteiger partial charge in [0.1, 0.15) is 5.82 Å². The third kappa shape index (κ3) is 3.27. The molecule has 1 aliphatic heterocycles. The third-order valence-corrected chi connectivity index (χ3v) is 3.13. The summed E-state index contributed by atoms with van der Waals surface area (Å²) in [7, 11) is 0. The zero-order valence-electron chi connectivity index (χ0n) is 10.8. The standard InChI is InChI=1S/C13H14F4N2O/c1-8-7-19(3-2-18-8)12(20)9-4-10(13(15,16)17)6-11(14)5-9/h4-6,8,18H,2-3,7H2,1H3. The van der Waals surface area contributed by atoms with Crippen molar-refractivity contribution in [2.45, 2.75) is 19.1 Å². The highest BCUT2D eigenvalue weighted by atomic mass is 19.4. The van der Waals surface area contributed by atoms with Crippen molar-refractivity contribution in [3.8, 4) is 0 Å². The maximum Gasteiger partial charge on any atom is 0.416 e. The summed E-state index contributed by atoms with van der Waals surface area (Å²) < 4.78 is 51.1. The maximum atomic E-state index is 13.3. The van der Waals surface area contributed by atoms with Crippen LogP contribution in [0.2, 0.25) is 0 Å².